The van der Waals surface area contributed by atoms with Crippen LogP contribution < -0.4 is 10.1 Å². The lowest BCUT2D eigenvalue weighted by Crippen LogP contribution is -2.48. The van der Waals surface area contributed by atoms with Gasteiger partial charge in [0, 0.05) is 44.3 Å². The van der Waals surface area contributed by atoms with Gasteiger partial charge in [-0.05, 0) is 45.1 Å². The van der Waals surface area contributed by atoms with Crippen molar-refractivity contribution in [2.75, 3.05) is 46.9 Å². The van der Waals surface area contributed by atoms with E-state index >= 15 is 0 Å². The summed E-state index contributed by atoms with van der Waals surface area (Å²) < 4.78 is 6.01. The smallest absolute Gasteiger partial charge is 0.224 e. The number of piperidine rings is 1. The van der Waals surface area contributed by atoms with Crippen molar-refractivity contribution in [2.45, 2.75) is 19.9 Å². The predicted molar refractivity (Wildman–Crippen MR) is 119 cm³/mol. The number of carbonyl (C=O) groups excluding carboxylic acids is 1. The molecule has 1 aromatic carbocycles. The number of aryl methyl sites for hydroxylation is 1. The van der Waals surface area contributed by atoms with Gasteiger partial charge in [-0.2, -0.15) is 0 Å². The molecule has 0 bridgehead atoms. The molecule has 162 valence electrons. The predicted octanol–water partition coefficient (Wildman–Crippen LogP) is 2.58. The number of rotatable bonds is 9. The van der Waals surface area contributed by atoms with Crippen LogP contribution in [-0.2, 0) is 11.3 Å². The van der Waals surface area contributed by atoms with Crippen molar-refractivity contribution in [2.24, 2.45) is 11.8 Å². The highest BCUT2D eigenvalue weighted by Gasteiger charge is 2.32. The minimum Gasteiger partial charge on any atom is -0.492 e. The van der Waals surface area contributed by atoms with Crippen molar-refractivity contribution in [3.63, 3.8) is 0 Å². The van der Waals surface area contributed by atoms with Crippen molar-refractivity contribution >= 4 is 5.91 Å². The number of aromatic nitrogens is 1. The van der Waals surface area contributed by atoms with E-state index in [4.69, 9.17) is 4.74 Å². The summed E-state index contributed by atoms with van der Waals surface area (Å²) in [4.78, 5) is 21.6. The van der Waals surface area contributed by atoms with Crippen molar-refractivity contribution < 1.29 is 9.53 Å². The lowest BCUT2D eigenvalue weighted by Gasteiger charge is -2.37. The van der Waals surface area contributed by atoms with Gasteiger partial charge in [0.15, 0.2) is 0 Å². The molecule has 2 atom stereocenters. The Morgan fingerprint density at radius 1 is 1.20 bits per heavy atom. The van der Waals surface area contributed by atoms with Gasteiger partial charge in [-0.1, -0.05) is 30.3 Å². The van der Waals surface area contributed by atoms with Crippen molar-refractivity contribution in [1.29, 1.82) is 0 Å². The molecule has 1 fully saturated rings. The number of likely N-dealkylation sites (N-methyl/N-ethyl adjacent to an activating group) is 1. The molecule has 0 spiro atoms. The SMILES string of the molecule is Cc1ccc(OC[C@H]2C[C@@H](C(=O)NCCN(C)C)CN(Cc3ccccc3)C2)cn1. The van der Waals surface area contributed by atoms with Gasteiger partial charge in [-0.3, -0.25) is 14.7 Å². The number of pyridine rings is 1. The fourth-order valence-electron chi connectivity index (χ4n) is 3.88. The molecule has 30 heavy (non-hydrogen) atoms. The van der Waals surface area contributed by atoms with Gasteiger partial charge >= 0.3 is 0 Å². The van der Waals surface area contributed by atoms with Crippen molar-refractivity contribution in [1.82, 2.24) is 20.1 Å². The van der Waals surface area contributed by atoms with Gasteiger partial charge in [-0.15, -0.1) is 0 Å². The number of benzene rings is 1. The third-order valence-corrected chi connectivity index (χ3v) is 5.46. The summed E-state index contributed by atoms with van der Waals surface area (Å²) in [6.45, 7) is 6.64. The first-order chi connectivity index (χ1) is 14.5. The van der Waals surface area contributed by atoms with E-state index in [1.807, 2.05) is 39.2 Å². The van der Waals surface area contributed by atoms with Crippen LogP contribution in [0.5, 0.6) is 5.75 Å². The Morgan fingerprint density at radius 3 is 2.70 bits per heavy atom. The number of hydrogen-bond acceptors (Lipinski definition) is 5. The molecule has 0 unspecified atom stereocenters. The number of carbonyl (C=O) groups is 1. The molecule has 2 heterocycles. The minimum atomic E-state index is -0.0191. The Balaban J connectivity index is 1.61. The third kappa shape index (κ3) is 7.11. The molecule has 6 heteroatoms. The maximum absolute atomic E-state index is 12.8. The van der Waals surface area contributed by atoms with Gasteiger partial charge in [0.1, 0.15) is 5.75 Å². The van der Waals surface area contributed by atoms with E-state index in [0.29, 0.717) is 19.1 Å². The van der Waals surface area contributed by atoms with Crippen LogP contribution in [0, 0.1) is 18.8 Å². The molecule has 1 amide bonds. The second-order valence-corrected chi connectivity index (χ2v) is 8.52. The number of nitrogens with zero attached hydrogens (tertiary/aromatic N) is 3. The van der Waals surface area contributed by atoms with Crippen LogP contribution in [0.15, 0.2) is 48.7 Å². The first-order valence-corrected chi connectivity index (χ1v) is 10.7. The van der Waals surface area contributed by atoms with Crippen LogP contribution >= 0.6 is 0 Å². The Kier molecular flexibility index (Phi) is 8.22. The van der Waals surface area contributed by atoms with Crippen LogP contribution in [0.4, 0.5) is 0 Å². The van der Waals surface area contributed by atoms with Gasteiger partial charge < -0.3 is 15.0 Å². The Morgan fingerprint density at radius 2 is 2.00 bits per heavy atom. The second kappa shape index (κ2) is 11.1. The van der Waals surface area contributed by atoms with E-state index in [1.165, 1.54) is 5.56 Å². The normalized spacial score (nSPS) is 19.6. The molecule has 1 aromatic heterocycles. The van der Waals surface area contributed by atoms with E-state index in [0.717, 1.165) is 44.0 Å². The van der Waals surface area contributed by atoms with Gasteiger partial charge in [0.25, 0.3) is 0 Å². The highest BCUT2D eigenvalue weighted by molar-refractivity contribution is 5.79. The average Bonchev–Trinajstić information content (AvgIpc) is 2.73. The number of likely N-dealkylation sites (tertiary alicyclic amines) is 1. The fourth-order valence-corrected chi connectivity index (χ4v) is 3.88. The van der Waals surface area contributed by atoms with E-state index in [2.05, 4.69) is 44.4 Å². The lowest BCUT2D eigenvalue weighted by molar-refractivity contribution is -0.127. The average molecular weight is 411 g/mol. The summed E-state index contributed by atoms with van der Waals surface area (Å²) >= 11 is 0. The maximum atomic E-state index is 12.8. The lowest BCUT2D eigenvalue weighted by atomic mass is 9.88. The van der Waals surface area contributed by atoms with E-state index in [9.17, 15) is 4.79 Å². The van der Waals surface area contributed by atoms with Crippen molar-refractivity contribution in [3.8, 4) is 5.75 Å². The fraction of sp³-hybridized carbons (Fsp3) is 0.500. The number of hydrogen-bond donors (Lipinski definition) is 1. The largest absolute Gasteiger partial charge is 0.492 e. The molecule has 0 aliphatic carbocycles. The first-order valence-electron chi connectivity index (χ1n) is 10.7. The number of ether oxygens (including phenoxy) is 1. The monoisotopic (exact) mass is 410 g/mol. The zero-order chi connectivity index (χ0) is 21.3. The molecule has 1 aliphatic rings. The Hall–Kier alpha value is -2.44. The quantitative estimate of drug-likeness (QED) is 0.689. The van der Waals surface area contributed by atoms with Crippen LogP contribution in [0.25, 0.3) is 0 Å². The molecular weight excluding hydrogens is 376 g/mol. The topological polar surface area (TPSA) is 57.7 Å². The zero-order valence-electron chi connectivity index (χ0n) is 18.4. The Bertz CT molecular complexity index is 780. The molecule has 2 aromatic rings. The van der Waals surface area contributed by atoms with E-state index < -0.39 is 0 Å². The summed E-state index contributed by atoms with van der Waals surface area (Å²) in [5, 5.41) is 3.11. The molecule has 3 rings (SSSR count). The Labute approximate surface area is 180 Å². The molecule has 0 radical (unpaired) electrons. The summed E-state index contributed by atoms with van der Waals surface area (Å²) in [6.07, 6.45) is 2.61. The minimum absolute atomic E-state index is 0.0191. The van der Waals surface area contributed by atoms with Crippen molar-refractivity contribution in [3.05, 3.63) is 59.9 Å². The van der Waals surface area contributed by atoms with Gasteiger partial charge in [0.05, 0.1) is 18.7 Å². The molecule has 6 nitrogen and oxygen atoms in total. The molecule has 1 aliphatic heterocycles. The highest BCUT2D eigenvalue weighted by Crippen LogP contribution is 2.25. The summed E-state index contributed by atoms with van der Waals surface area (Å²) in [6, 6.07) is 14.4. The van der Waals surface area contributed by atoms with Crippen LogP contribution in [0.3, 0.4) is 0 Å². The standard InChI is InChI=1S/C24H34N4O2/c1-19-9-10-23(14-26-19)30-18-21-13-22(24(29)25-11-12-27(2)3)17-28(16-21)15-20-7-5-4-6-8-20/h4-10,14,21-22H,11-13,15-18H2,1-3H3,(H,25,29)/t21-,22+/m0/s1. The van der Waals surface area contributed by atoms with Gasteiger partial charge in [-0.25, -0.2) is 0 Å². The summed E-state index contributed by atoms with van der Waals surface area (Å²) in [5.74, 6) is 1.21. The zero-order valence-corrected chi connectivity index (χ0v) is 18.4. The first kappa shape index (κ1) is 22.2. The highest BCUT2D eigenvalue weighted by atomic mass is 16.5. The third-order valence-electron chi connectivity index (χ3n) is 5.46. The number of amides is 1. The van der Waals surface area contributed by atoms with Gasteiger partial charge in [0.2, 0.25) is 5.91 Å². The maximum Gasteiger partial charge on any atom is 0.224 e. The summed E-state index contributed by atoms with van der Waals surface area (Å²) in [7, 11) is 4.03. The number of nitrogens with one attached hydrogen (secondary N) is 1. The van der Waals surface area contributed by atoms with Crippen LogP contribution in [-0.4, -0.2) is 67.6 Å². The molecule has 1 saturated heterocycles. The molecule has 0 saturated carbocycles. The molecular formula is C24H34N4O2. The second-order valence-electron chi connectivity index (χ2n) is 8.52. The summed E-state index contributed by atoms with van der Waals surface area (Å²) in [5.41, 5.74) is 2.25. The van der Waals surface area contributed by atoms with E-state index in [-0.39, 0.29) is 11.8 Å². The molecule has 1 N–H and O–H groups in total. The van der Waals surface area contributed by atoms with Crippen LogP contribution in [0.1, 0.15) is 17.7 Å². The van der Waals surface area contributed by atoms with Crippen LogP contribution in [0.2, 0.25) is 0 Å². The van der Waals surface area contributed by atoms with E-state index in [1.54, 1.807) is 6.20 Å².